The van der Waals surface area contributed by atoms with Gasteiger partial charge in [-0.1, -0.05) is 65.4 Å². The van der Waals surface area contributed by atoms with E-state index in [0.717, 1.165) is 19.4 Å². The first kappa shape index (κ1) is 22.6. The van der Waals surface area contributed by atoms with E-state index in [4.69, 9.17) is 44.9 Å². The number of thiocarbonyl (C=S) groups is 1. The first-order valence-electron chi connectivity index (χ1n) is 9.64. The molecule has 2 saturated heterocycles. The molecule has 4 nitrogen and oxygen atoms in total. The third-order valence-corrected chi connectivity index (χ3v) is 6.87. The van der Waals surface area contributed by atoms with Gasteiger partial charge >= 0.3 is 0 Å². The first-order valence-corrected chi connectivity index (χ1v) is 11.6. The molecule has 31 heavy (non-hydrogen) atoms. The van der Waals surface area contributed by atoms with Crippen LogP contribution in [0.1, 0.15) is 24.0 Å². The second-order valence-corrected chi connectivity index (χ2v) is 9.61. The van der Waals surface area contributed by atoms with Crippen LogP contribution in [0.4, 0.5) is 4.39 Å². The molecule has 1 amide bonds. The molecule has 1 atom stereocenters. The maximum absolute atomic E-state index is 13.8. The number of nitrogens with zero attached hydrogens (tertiary/aromatic N) is 1. The zero-order valence-corrected chi connectivity index (χ0v) is 19.4. The van der Waals surface area contributed by atoms with Crippen molar-refractivity contribution in [2.75, 3.05) is 13.2 Å². The topological polar surface area (TPSA) is 38.8 Å². The summed E-state index contributed by atoms with van der Waals surface area (Å²) in [6, 6.07) is 9.62. The van der Waals surface area contributed by atoms with Crippen LogP contribution in [-0.4, -0.2) is 34.4 Å². The molecule has 2 heterocycles. The third kappa shape index (κ3) is 5.23. The summed E-state index contributed by atoms with van der Waals surface area (Å²) < 4.78 is 25.6. The van der Waals surface area contributed by atoms with Gasteiger partial charge < -0.3 is 9.47 Å². The minimum Gasteiger partial charge on any atom is -0.486 e. The molecule has 0 spiro atoms. The molecular weight excluding hydrogens is 480 g/mol. The van der Waals surface area contributed by atoms with E-state index in [2.05, 4.69) is 0 Å². The van der Waals surface area contributed by atoms with E-state index in [0.29, 0.717) is 26.9 Å². The van der Waals surface area contributed by atoms with Crippen molar-refractivity contribution in [3.05, 3.63) is 68.3 Å². The number of halogens is 3. The Kier molecular flexibility index (Phi) is 7.19. The number of hydrogen-bond acceptors (Lipinski definition) is 5. The highest BCUT2D eigenvalue weighted by Gasteiger charge is 2.34. The summed E-state index contributed by atoms with van der Waals surface area (Å²) in [5.41, 5.74) is 1.04. The summed E-state index contributed by atoms with van der Waals surface area (Å²) in [6.07, 6.45) is 3.65. The van der Waals surface area contributed by atoms with Gasteiger partial charge in [-0.05, 0) is 42.7 Å². The van der Waals surface area contributed by atoms with Crippen molar-refractivity contribution in [1.29, 1.82) is 0 Å². The predicted molar refractivity (Wildman–Crippen MR) is 126 cm³/mol. The number of carbonyl (C=O) groups is 1. The maximum atomic E-state index is 13.8. The molecule has 2 fully saturated rings. The standard InChI is InChI=1S/C22H18Cl2FNO3S2/c23-16-8-13(9-17(24)20(16)29-12-14-4-1-2-6-18(14)25)10-19-21(27)26(22(30)31-19)11-15-5-3-7-28-15/h1-2,4,6,8-10,15H,3,5,7,11-12H2/b19-10-/t15-/m0/s1. The Balaban J connectivity index is 1.48. The maximum Gasteiger partial charge on any atom is 0.266 e. The molecule has 0 radical (unpaired) electrons. The summed E-state index contributed by atoms with van der Waals surface area (Å²) in [5, 5.41) is 0.537. The van der Waals surface area contributed by atoms with Gasteiger partial charge in [0.2, 0.25) is 0 Å². The minimum absolute atomic E-state index is 0.00659. The summed E-state index contributed by atoms with van der Waals surface area (Å²) in [5.74, 6) is -0.260. The van der Waals surface area contributed by atoms with Crippen LogP contribution in [0.25, 0.3) is 6.08 Å². The average molecular weight is 498 g/mol. The molecule has 9 heteroatoms. The normalized spacial score (nSPS) is 20.2. The van der Waals surface area contributed by atoms with Gasteiger partial charge in [-0.3, -0.25) is 9.69 Å². The molecule has 0 aliphatic carbocycles. The van der Waals surface area contributed by atoms with Crippen LogP contribution in [0.15, 0.2) is 41.3 Å². The smallest absolute Gasteiger partial charge is 0.266 e. The van der Waals surface area contributed by atoms with Gasteiger partial charge in [0.25, 0.3) is 5.91 Å². The molecule has 0 unspecified atom stereocenters. The monoisotopic (exact) mass is 497 g/mol. The Bertz CT molecular complexity index is 1030. The Morgan fingerprint density at radius 3 is 2.71 bits per heavy atom. The van der Waals surface area contributed by atoms with E-state index in [-0.39, 0.29) is 40.2 Å². The van der Waals surface area contributed by atoms with E-state index in [1.165, 1.54) is 17.8 Å². The number of amides is 1. The second kappa shape index (κ2) is 9.88. The number of thioether (sulfide) groups is 1. The summed E-state index contributed by atoms with van der Waals surface area (Å²) >= 11 is 19.3. The lowest BCUT2D eigenvalue weighted by atomic mass is 10.2. The molecule has 162 valence electrons. The fourth-order valence-electron chi connectivity index (χ4n) is 3.37. The number of hydrogen-bond donors (Lipinski definition) is 0. The van der Waals surface area contributed by atoms with Crippen molar-refractivity contribution >= 4 is 63.5 Å². The van der Waals surface area contributed by atoms with Crippen molar-refractivity contribution in [2.45, 2.75) is 25.6 Å². The van der Waals surface area contributed by atoms with Crippen molar-refractivity contribution in [3.63, 3.8) is 0 Å². The molecule has 2 aromatic rings. The van der Waals surface area contributed by atoms with E-state index in [1.54, 1.807) is 41.3 Å². The van der Waals surface area contributed by atoms with Gasteiger partial charge in [0.05, 0.1) is 27.6 Å². The first-order chi connectivity index (χ1) is 14.9. The molecule has 2 aliphatic rings. The second-order valence-electron chi connectivity index (χ2n) is 7.12. The van der Waals surface area contributed by atoms with Crippen molar-refractivity contribution in [2.24, 2.45) is 0 Å². The van der Waals surface area contributed by atoms with Crippen LogP contribution in [-0.2, 0) is 16.1 Å². The molecule has 4 rings (SSSR count). The SMILES string of the molecule is O=C1/C(=C/c2cc(Cl)c(OCc3ccccc3F)c(Cl)c2)SC(=S)N1C[C@@H]1CCCO1. The highest BCUT2D eigenvalue weighted by molar-refractivity contribution is 8.26. The van der Waals surface area contributed by atoms with Crippen LogP contribution in [0.2, 0.25) is 10.0 Å². The van der Waals surface area contributed by atoms with E-state index in [9.17, 15) is 9.18 Å². The van der Waals surface area contributed by atoms with Gasteiger partial charge in [-0.2, -0.15) is 0 Å². The lowest BCUT2D eigenvalue weighted by Gasteiger charge is -2.18. The van der Waals surface area contributed by atoms with Crippen LogP contribution >= 0.6 is 47.2 Å². The van der Waals surface area contributed by atoms with E-state index >= 15 is 0 Å². The largest absolute Gasteiger partial charge is 0.486 e. The number of ether oxygens (including phenoxy) is 2. The molecular formula is C22H18Cl2FNO3S2. The van der Waals surface area contributed by atoms with Gasteiger partial charge in [0.1, 0.15) is 16.7 Å². The molecule has 0 N–H and O–H groups in total. The minimum atomic E-state index is -0.364. The Labute approximate surface area is 199 Å². The number of carbonyl (C=O) groups excluding carboxylic acids is 1. The van der Waals surface area contributed by atoms with Crippen molar-refractivity contribution < 1.29 is 18.7 Å². The average Bonchev–Trinajstić information content (AvgIpc) is 3.33. The van der Waals surface area contributed by atoms with Gasteiger partial charge in [-0.15, -0.1) is 0 Å². The van der Waals surface area contributed by atoms with E-state index in [1.807, 2.05) is 0 Å². The Morgan fingerprint density at radius 2 is 2.03 bits per heavy atom. The van der Waals surface area contributed by atoms with Gasteiger partial charge in [-0.25, -0.2) is 4.39 Å². The summed E-state index contributed by atoms with van der Waals surface area (Å²) in [7, 11) is 0. The predicted octanol–water partition coefficient (Wildman–Crippen LogP) is 6.09. The van der Waals surface area contributed by atoms with Crippen molar-refractivity contribution in [1.82, 2.24) is 4.90 Å². The molecule has 2 aromatic carbocycles. The molecule has 0 aromatic heterocycles. The third-order valence-electron chi connectivity index (χ3n) is 4.93. The lowest BCUT2D eigenvalue weighted by Crippen LogP contribution is -2.35. The molecule has 0 saturated carbocycles. The highest BCUT2D eigenvalue weighted by Crippen LogP contribution is 2.38. The van der Waals surface area contributed by atoms with Crippen LogP contribution in [0.5, 0.6) is 5.75 Å². The summed E-state index contributed by atoms with van der Waals surface area (Å²) in [4.78, 5) is 14.9. The van der Waals surface area contributed by atoms with Gasteiger partial charge in [0, 0.05) is 12.2 Å². The number of benzene rings is 2. The summed E-state index contributed by atoms with van der Waals surface area (Å²) in [6.45, 7) is 1.18. The molecule has 0 bridgehead atoms. The fraction of sp³-hybridized carbons (Fsp3) is 0.273. The van der Waals surface area contributed by atoms with Crippen LogP contribution < -0.4 is 4.74 Å². The fourth-order valence-corrected chi connectivity index (χ4v) is 5.25. The number of rotatable bonds is 6. The Hall–Kier alpha value is -1.64. The van der Waals surface area contributed by atoms with E-state index < -0.39 is 0 Å². The van der Waals surface area contributed by atoms with Gasteiger partial charge in [0.15, 0.2) is 5.75 Å². The Morgan fingerprint density at radius 1 is 1.29 bits per heavy atom. The van der Waals surface area contributed by atoms with Crippen LogP contribution in [0.3, 0.4) is 0 Å². The molecule has 2 aliphatic heterocycles. The lowest BCUT2D eigenvalue weighted by molar-refractivity contribution is -0.123. The zero-order chi connectivity index (χ0) is 22.0. The van der Waals surface area contributed by atoms with Crippen molar-refractivity contribution in [3.8, 4) is 5.75 Å². The van der Waals surface area contributed by atoms with Crippen LogP contribution in [0, 0.1) is 5.82 Å². The quantitative estimate of drug-likeness (QED) is 0.356. The zero-order valence-electron chi connectivity index (χ0n) is 16.3. The highest BCUT2D eigenvalue weighted by atomic mass is 35.5.